The first kappa shape index (κ1) is 18.9. The van der Waals surface area contributed by atoms with Crippen LogP contribution in [0.2, 0.25) is 0 Å². The van der Waals surface area contributed by atoms with Crippen LogP contribution in [0.25, 0.3) is 11.3 Å². The Kier molecular flexibility index (Phi) is 5.17. The van der Waals surface area contributed by atoms with Crippen LogP contribution in [-0.4, -0.2) is 16.5 Å². The van der Waals surface area contributed by atoms with Gasteiger partial charge in [0.25, 0.3) is 5.92 Å². The van der Waals surface area contributed by atoms with Crippen molar-refractivity contribution in [1.29, 1.82) is 0 Å². The average molecular weight is 371 g/mol. The Balaban J connectivity index is 1.81. The molecule has 1 aliphatic carbocycles. The van der Waals surface area contributed by atoms with Gasteiger partial charge in [0.1, 0.15) is 11.6 Å². The Morgan fingerprint density at radius 3 is 2.70 bits per heavy atom. The smallest absolute Gasteiger partial charge is 0.273 e. The van der Waals surface area contributed by atoms with E-state index in [1.165, 1.54) is 30.6 Å². The van der Waals surface area contributed by atoms with E-state index < -0.39 is 11.7 Å². The summed E-state index contributed by atoms with van der Waals surface area (Å²) in [6.07, 6.45) is 6.24. The van der Waals surface area contributed by atoms with E-state index >= 15 is 0 Å². The van der Waals surface area contributed by atoms with Gasteiger partial charge in [-0.1, -0.05) is 31.4 Å². The fraction of sp³-hybridized carbons (Fsp3) is 0.238. The zero-order chi connectivity index (χ0) is 19.6. The van der Waals surface area contributed by atoms with Gasteiger partial charge in [0.2, 0.25) is 0 Å². The first-order chi connectivity index (χ1) is 12.8. The van der Waals surface area contributed by atoms with Crippen LogP contribution in [0.5, 0.6) is 0 Å². The second-order valence-electron chi connectivity index (χ2n) is 6.50. The van der Waals surface area contributed by atoms with Crippen molar-refractivity contribution in [2.75, 3.05) is 11.9 Å². The summed E-state index contributed by atoms with van der Waals surface area (Å²) >= 11 is 0. The molecule has 0 fully saturated rings. The number of benzene rings is 1. The first-order valence-electron chi connectivity index (χ1n) is 8.56. The van der Waals surface area contributed by atoms with E-state index in [0.29, 0.717) is 34.6 Å². The van der Waals surface area contributed by atoms with Gasteiger partial charge in [-0.3, -0.25) is 4.98 Å². The second-order valence-corrected chi connectivity index (χ2v) is 6.50. The van der Waals surface area contributed by atoms with E-state index in [0.717, 1.165) is 5.56 Å². The summed E-state index contributed by atoms with van der Waals surface area (Å²) in [5.74, 6) is -2.91. The van der Waals surface area contributed by atoms with E-state index in [-0.39, 0.29) is 18.5 Å². The molecule has 0 bridgehead atoms. The molecular formula is C21H20F3N3. The quantitative estimate of drug-likeness (QED) is 0.682. The van der Waals surface area contributed by atoms with Crippen LogP contribution in [0.1, 0.15) is 23.1 Å². The minimum absolute atomic E-state index is 0.0766. The lowest BCUT2D eigenvalue weighted by molar-refractivity contribution is -0.00180. The molecule has 27 heavy (non-hydrogen) atoms. The molecule has 0 saturated carbocycles. The summed E-state index contributed by atoms with van der Waals surface area (Å²) in [4.78, 5) is 8.58. The molecule has 3 rings (SSSR count). The summed E-state index contributed by atoms with van der Waals surface area (Å²) in [5.41, 5.74) is 3.16. The number of hydrogen-bond acceptors (Lipinski definition) is 3. The minimum Gasteiger partial charge on any atom is -0.365 e. The molecular weight excluding hydrogens is 351 g/mol. The molecule has 3 nitrogen and oxygen atoms in total. The third-order valence-electron chi connectivity index (χ3n) is 4.61. The van der Waals surface area contributed by atoms with E-state index in [9.17, 15) is 13.2 Å². The molecule has 0 radical (unpaired) electrons. The number of nitrogens with one attached hydrogen (secondary N) is 1. The maximum atomic E-state index is 14.0. The fourth-order valence-electron chi connectivity index (χ4n) is 3.15. The number of aryl methyl sites for hydroxylation is 2. The van der Waals surface area contributed by atoms with E-state index in [4.69, 9.17) is 0 Å². The molecule has 0 aliphatic heterocycles. The third-order valence-corrected chi connectivity index (χ3v) is 4.61. The molecule has 0 amide bonds. The van der Waals surface area contributed by atoms with Gasteiger partial charge in [-0.15, -0.1) is 0 Å². The first-order valence-corrected chi connectivity index (χ1v) is 8.56. The molecule has 0 saturated heterocycles. The Bertz CT molecular complexity index is 915. The van der Waals surface area contributed by atoms with Gasteiger partial charge in [0, 0.05) is 29.7 Å². The van der Waals surface area contributed by atoms with Crippen LogP contribution in [0.4, 0.5) is 19.0 Å². The number of anilines is 1. The Hall–Kier alpha value is -2.89. The molecule has 1 aromatic heterocycles. The highest BCUT2D eigenvalue weighted by Crippen LogP contribution is 2.43. The molecule has 2 aromatic rings. The number of nitrogens with zero attached hydrogens (tertiary/aromatic N) is 2. The summed E-state index contributed by atoms with van der Waals surface area (Å²) < 4.78 is 41.4. The van der Waals surface area contributed by atoms with Gasteiger partial charge in [0.05, 0.1) is 18.1 Å². The fourth-order valence-corrected chi connectivity index (χ4v) is 3.15. The molecule has 140 valence electrons. The Labute approximate surface area is 156 Å². The van der Waals surface area contributed by atoms with Crippen molar-refractivity contribution in [2.45, 2.75) is 25.7 Å². The number of fused-ring (bicyclic) bond motifs is 1. The van der Waals surface area contributed by atoms with Crippen LogP contribution < -0.4 is 5.32 Å². The van der Waals surface area contributed by atoms with Gasteiger partial charge >= 0.3 is 0 Å². The van der Waals surface area contributed by atoms with Crippen molar-refractivity contribution >= 4 is 5.82 Å². The van der Waals surface area contributed by atoms with Gasteiger partial charge in [-0.25, -0.2) is 18.2 Å². The number of rotatable bonds is 6. The molecule has 0 unspecified atom stereocenters. The lowest BCUT2D eigenvalue weighted by Crippen LogP contribution is -2.08. The largest absolute Gasteiger partial charge is 0.365 e. The predicted octanol–water partition coefficient (Wildman–Crippen LogP) is 5.50. The molecule has 1 heterocycles. The zero-order valence-corrected chi connectivity index (χ0v) is 15.0. The highest BCUT2D eigenvalue weighted by atomic mass is 19.3. The molecule has 0 atom stereocenters. The number of alkyl halides is 2. The zero-order valence-electron chi connectivity index (χ0n) is 15.0. The van der Waals surface area contributed by atoms with Crippen molar-refractivity contribution in [3.63, 3.8) is 0 Å². The van der Waals surface area contributed by atoms with Crippen LogP contribution in [0, 0.1) is 6.92 Å². The van der Waals surface area contributed by atoms with E-state index in [2.05, 4.69) is 28.4 Å². The number of halogens is 3. The molecule has 1 aliphatic rings. The van der Waals surface area contributed by atoms with Crippen LogP contribution in [0.3, 0.4) is 0 Å². The third kappa shape index (κ3) is 3.94. The summed E-state index contributed by atoms with van der Waals surface area (Å²) in [5, 5.41) is 2.95. The van der Waals surface area contributed by atoms with E-state index in [1.54, 1.807) is 6.07 Å². The van der Waals surface area contributed by atoms with Crippen LogP contribution in [-0.2, 0) is 12.3 Å². The lowest BCUT2D eigenvalue weighted by Gasteiger charge is -2.14. The van der Waals surface area contributed by atoms with Crippen molar-refractivity contribution in [3.05, 3.63) is 77.9 Å². The second kappa shape index (κ2) is 7.39. The monoisotopic (exact) mass is 371 g/mol. The topological polar surface area (TPSA) is 37.8 Å². The maximum absolute atomic E-state index is 14.0. The lowest BCUT2D eigenvalue weighted by atomic mass is 9.98. The van der Waals surface area contributed by atoms with Crippen LogP contribution >= 0.6 is 0 Å². The SMILES string of the molecule is C=C/C=C(/CNc1cnc(-c2cc3c(cc2C)CCC3(F)F)cn1)C(=C)F. The number of aromatic nitrogens is 2. The van der Waals surface area contributed by atoms with E-state index in [1.807, 2.05) is 6.92 Å². The highest BCUT2D eigenvalue weighted by Gasteiger charge is 2.39. The standard InChI is InChI=1S/C21H20F3N3/c1-4-5-16(14(3)22)10-26-20-12-25-19(11-27-20)17-9-18-15(8-13(17)2)6-7-21(18,23)24/h4-5,8-9,11-12H,1,3,6-7,10H2,2H3,(H,26,27)/b16-5-. The molecule has 1 N–H and O–H groups in total. The summed E-state index contributed by atoms with van der Waals surface area (Å²) in [6, 6.07) is 3.32. The van der Waals surface area contributed by atoms with Crippen molar-refractivity contribution < 1.29 is 13.2 Å². The maximum Gasteiger partial charge on any atom is 0.273 e. The highest BCUT2D eigenvalue weighted by molar-refractivity contribution is 5.66. The van der Waals surface area contributed by atoms with Gasteiger partial charge in [0.15, 0.2) is 0 Å². The average Bonchev–Trinajstić information content (AvgIpc) is 2.92. The van der Waals surface area contributed by atoms with Crippen molar-refractivity contribution in [1.82, 2.24) is 9.97 Å². The summed E-state index contributed by atoms with van der Waals surface area (Å²) in [7, 11) is 0. The minimum atomic E-state index is -2.80. The van der Waals surface area contributed by atoms with Gasteiger partial charge in [-0.05, 0) is 30.5 Å². The number of allylic oxidation sites excluding steroid dienone is 2. The van der Waals surface area contributed by atoms with Crippen LogP contribution in [0.15, 0.2) is 61.2 Å². The molecule has 1 aromatic carbocycles. The Morgan fingerprint density at radius 2 is 2.07 bits per heavy atom. The number of hydrogen-bond donors (Lipinski definition) is 1. The molecule has 0 spiro atoms. The van der Waals surface area contributed by atoms with Crippen molar-refractivity contribution in [3.8, 4) is 11.3 Å². The van der Waals surface area contributed by atoms with Crippen molar-refractivity contribution in [2.24, 2.45) is 0 Å². The summed E-state index contributed by atoms with van der Waals surface area (Å²) in [6.45, 7) is 8.86. The normalized spacial score (nSPS) is 15.3. The molecule has 6 heteroatoms. The van der Waals surface area contributed by atoms with Gasteiger partial charge in [-0.2, -0.15) is 0 Å². The van der Waals surface area contributed by atoms with Gasteiger partial charge < -0.3 is 5.32 Å². The Morgan fingerprint density at radius 1 is 1.30 bits per heavy atom. The predicted molar refractivity (Wildman–Crippen MR) is 101 cm³/mol.